The Morgan fingerprint density at radius 3 is 2.57 bits per heavy atom. The lowest BCUT2D eigenvalue weighted by Crippen LogP contribution is -2.27. The van der Waals surface area contributed by atoms with E-state index in [-0.39, 0.29) is 0 Å². The Morgan fingerprint density at radius 1 is 1.03 bits per heavy atom. The molecular formula is C26H32ClN7O. The Bertz CT molecular complexity index is 1230. The molecule has 2 aromatic heterocycles. The molecule has 3 aliphatic rings. The minimum absolute atomic E-state index is 0.300. The number of aromatic nitrogens is 4. The van der Waals surface area contributed by atoms with Crippen LogP contribution in [0.1, 0.15) is 67.3 Å². The van der Waals surface area contributed by atoms with Gasteiger partial charge in [-0.3, -0.25) is 4.68 Å². The molecule has 1 aromatic carbocycles. The van der Waals surface area contributed by atoms with Gasteiger partial charge >= 0.3 is 0 Å². The predicted octanol–water partition coefficient (Wildman–Crippen LogP) is 5.77. The maximum atomic E-state index is 6.45. The quantitative estimate of drug-likeness (QED) is 0.367. The van der Waals surface area contributed by atoms with Crippen molar-refractivity contribution in [2.45, 2.75) is 70.4 Å². The van der Waals surface area contributed by atoms with Gasteiger partial charge in [-0.2, -0.15) is 10.1 Å². The molecule has 6 rings (SSSR count). The van der Waals surface area contributed by atoms with Crippen molar-refractivity contribution in [3.05, 3.63) is 46.4 Å². The molecule has 3 N–H and O–H groups in total. The van der Waals surface area contributed by atoms with Gasteiger partial charge in [0.15, 0.2) is 5.82 Å². The lowest BCUT2D eigenvalue weighted by molar-refractivity contribution is 0.304. The molecule has 35 heavy (non-hydrogen) atoms. The van der Waals surface area contributed by atoms with Gasteiger partial charge in [0.1, 0.15) is 10.8 Å². The van der Waals surface area contributed by atoms with Crippen molar-refractivity contribution in [1.29, 1.82) is 0 Å². The van der Waals surface area contributed by atoms with Crippen molar-refractivity contribution in [1.82, 2.24) is 25.1 Å². The number of ether oxygens (including phenoxy) is 1. The van der Waals surface area contributed by atoms with E-state index >= 15 is 0 Å². The van der Waals surface area contributed by atoms with E-state index in [2.05, 4.69) is 50.1 Å². The number of anilines is 4. The van der Waals surface area contributed by atoms with Crippen LogP contribution in [0.4, 0.5) is 23.1 Å². The largest absolute Gasteiger partial charge is 0.488 e. The van der Waals surface area contributed by atoms with Crippen LogP contribution in [0.5, 0.6) is 5.75 Å². The molecule has 0 atom stereocenters. The van der Waals surface area contributed by atoms with Gasteiger partial charge in [0, 0.05) is 6.20 Å². The summed E-state index contributed by atoms with van der Waals surface area (Å²) >= 11 is 6.45. The fraction of sp³-hybridized carbons (Fsp3) is 0.500. The number of nitrogens with zero attached hydrogens (tertiary/aromatic N) is 4. The van der Waals surface area contributed by atoms with E-state index < -0.39 is 0 Å². The number of hydrogen-bond acceptors (Lipinski definition) is 7. The van der Waals surface area contributed by atoms with Crippen molar-refractivity contribution in [3.8, 4) is 5.75 Å². The molecule has 0 bridgehead atoms. The number of halogens is 1. The highest BCUT2D eigenvalue weighted by atomic mass is 35.5. The van der Waals surface area contributed by atoms with Crippen LogP contribution in [-0.4, -0.2) is 38.9 Å². The average Bonchev–Trinajstić information content (AvgIpc) is 3.78. The highest BCUT2D eigenvalue weighted by Crippen LogP contribution is 2.40. The zero-order valence-corrected chi connectivity index (χ0v) is 21.0. The maximum Gasteiger partial charge on any atom is 0.229 e. The number of nitrogens with one attached hydrogen (secondary N) is 3. The minimum atomic E-state index is 0.300. The summed E-state index contributed by atoms with van der Waals surface area (Å²) < 4.78 is 8.35. The van der Waals surface area contributed by atoms with Crippen molar-refractivity contribution in [2.75, 3.05) is 23.7 Å². The Hall–Kier alpha value is -2.84. The first kappa shape index (κ1) is 22.6. The van der Waals surface area contributed by atoms with Gasteiger partial charge < -0.3 is 20.7 Å². The molecule has 184 valence electrons. The zero-order chi connectivity index (χ0) is 23.9. The first-order valence-corrected chi connectivity index (χ1v) is 13.1. The topological polar surface area (TPSA) is 88.9 Å². The molecule has 3 fully saturated rings. The number of rotatable bonds is 8. The number of benzene rings is 1. The van der Waals surface area contributed by atoms with E-state index in [1.807, 2.05) is 17.8 Å². The van der Waals surface area contributed by atoms with E-state index in [1.165, 1.54) is 24.0 Å². The third-order valence-electron chi connectivity index (χ3n) is 7.05. The number of piperidine rings is 1. The standard InChI is InChI=1S/C26H32ClN7O/c1-15-11-22(24(35-19-5-6-19)12-20(15)17-7-9-28-10-8-17)31-26-29-13-21(27)25(32-26)30-23-14-34(18-3-4-18)33-16(23)2/h11-14,17-19,28H,3-10H2,1-2H3,(H2,29,30,31,32). The van der Waals surface area contributed by atoms with Gasteiger partial charge in [-0.1, -0.05) is 11.6 Å². The number of aryl methyl sites for hydroxylation is 2. The summed E-state index contributed by atoms with van der Waals surface area (Å²) in [7, 11) is 0. The van der Waals surface area contributed by atoms with Crippen LogP contribution in [-0.2, 0) is 0 Å². The van der Waals surface area contributed by atoms with Crippen molar-refractivity contribution in [2.24, 2.45) is 0 Å². The van der Waals surface area contributed by atoms with Gasteiger partial charge in [0.2, 0.25) is 5.95 Å². The van der Waals surface area contributed by atoms with E-state index in [1.54, 1.807) is 6.20 Å². The van der Waals surface area contributed by atoms with E-state index in [0.717, 1.165) is 61.6 Å². The predicted molar refractivity (Wildman–Crippen MR) is 139 cm³/mol. The molecule has 1 saturated heterocycles. The maximum absolute atomic E-state index is 6.45. The molecule has 0 amide bonds. The van der Waals surface area contributed by atoms with Crippen LogP contribution in [0.3, 0.4) is 0 Å². The van der Waals surface area contributed by atoms with Crippen LogP contribution in [0.15, 0.2) is 24.5 Å². The lowest BCUT2D eigenvalue weighted by atomic mass is 9.87. The number of hydrogen-bond donors (Lipinski definition) is 3. The monoisotopic (exact) mass is 493 g/mol. The Labute approximate surface area is 210 Å². The Kier molecular flexibility index (Phi) is 6.02. The molecule has 3 aromatic rings. The van der Waals surface area contributed by atoms with Gasteiger partial charge in [0.25, 0.3) is 0 Å². The third kappa shape index (κ3) is 5.09. The molecule has 1 aliphatic heterocycles. The molecule has 0 radical (unpaired) electrons. The van der Waals surface area contributed by atoms with Crippen LogP contribution in [0.2, 0.25) is 5.02 Å². The molecule has 0 unspecified atom stereocenters. The molecule has 2 saturated carbocycles. The summed E-state index contributed by atoms with van der Waals surface area (Å²) in [6, 6.07) is 4.92. The molecule has 8 nitrogen and oxygen atoms in total. The SMILES string of the molecule is Cc1cc(Nc2ncc(Cl)c(Nc3cn(C4CC4)nc3C)n2)c(OC2CC2)cc1C1CCNCC1. The second kappa shape index (κ2) is 9.32. The van der Waals surface area contributed by atoms with Gasteiger partial charge in [-0.05, 0) is 94.6 Å². The first-order valence-electron chi connectivity index (χ1n) is 12.7. The van der Waals surface area contributed by atoms with Gasteiger partial charge in [-0.25, -0.2) is 4.98 Å². The second-order valence-corrected chi connectivity index (χ2v) is 10.4. The fourth-order valence-electron chi connectivity index (χ4n) is 4.73. The summed E-state index contributed by atoms with van der Waals surface area (Å²) in [5.41, 5.74) is 5.36. The minimum Gasteiger partial charge on any atom is -0.488 e. The summed E-state index contributed by atoms with van der Waals surface area (Å²) in [6.07, 6.45) is 10.8. The van der Waals surface area contributed by atoms with Crippen LogP contribution < -0.4 is 20.7 Å². The van der Waals surface area contributed by atoms with Crippen LogP contribution in [0, 0.1) is 13.8 Å². The summed E-state index contributed by atoms with van der Waals surface area (Å²) in [6.45, 7) is 6.30. The highest BCUT2D eigenvalue weighted by Gasteiger charge is 2.27. The van der Waals surface area contributed by atoms with Crippen molar-refractivity contribution in [3.63, 3.8) is 0 Å². The Balaban J connectivity index is 1.26. The summed E-state index contributed by atoms with van der Waals surface area (Å²) in [5, 5.41) is 15.3. The van der Waals surface area contributed by atoms with Crippen LogP contribution >= 0.6 is 11.6 Å². The third-order valence-corrected chi connectivity index (χ3v) is 7.32. The van der Waals surface area contributed by atoms with Gasteiger partial charge in [-0.15, -0.1) is 0 Å². The van der Waals surface area contributed by atoms with E-state index in [0.29, 0.717) is 34.9 Å². The first-order chi connectivity index (χ1) is 17.0. The van der Waals surface area contributed by atoms with E-state index in [9.17, 15) is 0 Å². The summed E-state index contributed by atoms with van der Waals surface area (Å²) in [5.74, 6) is 2.46. The molecule has 0 spiro atoms. The normalized spacial score (nSPS) is 18.5. The highest BCUT2D eigenvalue weighted by molar-refractivity contribution is 6.32. The van der Waals surface area contributed by atoms with E-state index in [4.69, 9.17) is 16.3 Å². The molecule has 3 heterocycles. The van der Waals surface area contributed by atoms with Crippen molar-refractivity contribution < 1.29 is 4.74 Å². The second-order valence-electron chi connectivity index (χ2n) is 10.0. The molecular weight excluding hydrogens is 462 g/mol. The molecule has 2 aliphatic carbocycles. The zero-order valence-electron chi connectivity index (χ0n) is 20.3. The summed E-state index contributed by atoms with van der Waals surface area (Å²) in [4.78, 5) is 9.13. The smallest absolute Gasteiger partial charge is 0.229 e. The van der Waals surface area contributed by atoms with Gasteiger partial charge in [0.05, 0.1) is 35.4 Å². The average molecular weight is 494 g/mol. The molecule has 9 heteroatoms. The lowest BCUT2D eigenvalue weighted by Gasteiger charge is -2.26. The van der Waals surface area contributed by atoms with Crippen molar-refractivity contribution >= 4 is 34.7 Å². The fourth-order valence-corrected chi connectivity index (χ4v) is 4.87. The Morgan fingerprint density at radius 2 is 1.83 bits per heavy atom. The van der Waals surface area contributed by atoms with Crippen LogP contribution in [0.25, 0.3) is 0 Å².